The van der Waals surface area contributed by atoms with E-state index in [0.29, 0.717) is 17.1 Å². The molecule has 0 aliphatic carbocycles. The van der Waals surface area contributed by atoms with Gasteiger partial charge in [0, 0.05) is 11.6 Å². The van der Waals surface area contributed by atoms with Gasteiger partial charge in [-0.3, -0.25) is 5.10 Å². The van der Waals surface area contributed by atoms with E-state index in [1.165, 1.54) is 6.07 Å². The van der Waals surface area contributed by atoms with Gasteiger partial charge < -0.3 is 10.5 Å². The predicted octanol–water partition coefficient (Wildman–Crippen LogP) is 2.59. The summed E-state index contributed by atoms with van der Waals surface area (Å²) in [6.07, 6.45) is -0.0573. The van der Waals surface area contributed by atoms with Crippen LogP contribution < -0.4 is 10.5 Å². The Bertz CT molecular complexity index is 522. The topological polar surface area (TPSA) is 63.9 Å². The van der Waals surface area contributed by atoms with Gasteiger partial charge in [0.2, 0.25) is 0 Å². The number of nitrogens with zero attached hydrogens (tertiary/aromatic N) is 1. The van der Waals surface area contributed by atoms with Gasteiger partial charge in [-0.05, 0) is 32.0 Å². The van der Waals surface area contributed by atoms with Crippen LogP contribution in [-0.2, 0) is 0 Å². The number of aromatic nitrogens is 2. The minimum Gasteiger partial charge on any atom is -0.488 e. The summed E-state index contributed by atoms with van der Waals surface area (Å²) in [5.74, 6) is 0.225. The van der Waals surface area contributed by atoms with Crippen molar-refractivity contribution in [2.24, 2.45) is 0 Å². The molecule has 0 radical (unpaired) electrons. The van der Waals surface area contributed by atoms with Crippen molar-refractivity contribution in [2.45, 2.75) is 20.0 Å². The molecular weight excluding hydrogens is 221 g/mol. The molecule has 1 heterocycles. The predicted molar refractivity (Wildman–Crippen MR) is 64.2 cm³/mol. The van der Waals surface area contributed by atoms with Gasteiger partial charge in [-0.2, -0.15) is 5.10 Å². The molecule has 5 heteroatoms. The van der Waals surface area contributed by atoms with Gasteiger partial charge in [0.25, 0.3) is 0 Å². The van der Waals surface area contributed by atoms with Crippen LogP contribution in [0.2, 0.25) is 0 Å². The van der Waals surface area contributed by atoms with E-state index in [-0.39, 0.29) is 11.9 Å². The number of halogens is 1. The highest BCUT2D eigenvalue weighted by Gasteiger charge is 2.09. The normalized spacial score (nSPS) is 10.8. The van der Waals surface area contributed by atoms with Crippen LogP contribution in [0, 0.1) is 5.82 Å². The molecule has 0 aliphatic heterocycles. The van der Waals surface area contributed by atoms with Gasteiger partial charge in [-0.25, -0.2) is 4.39 Å². The first-order valence-electron chi connectivity index (χ1n) is 5.33. The highest BCUT2D eigenvalue weighted by Crippen LogP contribution is 2.25. The van der Waals surface area contributed by atoms with Gasteiger partial charge >= 0.3 is 0 Å². The van der Waals surface area contributed by atoms with E-state index < -0.39 is 5.82 Å². The summed E-state index contributed by atoms with van der Waals surface area (Å²) in [6, 6.07) is 6.40. The summed E-state index contributed by atoms with van der Waals surface area (Å²) < 4.78 is 19.0. The fourth-order valence-corrected chi connectivity index (χ4v) is 1.50. The number of hydrogen-bond acceptors (Lipinski definition) is 3. The third kappa shape index (κ3) is 2.55. The Morgan fingerprint density at radius 3 is 2.65 bits per heavy atom. The maximum Gasteiger partial charge on any atom is 0.165 e. The summed E-state index contributed by atoms with van der Waals surface area (Å²) in [4.78, 5) is 0. The van der Waals surface area contributed by atoms with E-state index in [0.717, 1.165) is 0 Å². The van der Waals surface area contributed by atoms with Crippen LogP contribution in [0.1, 0.15) is 13.8 Å². The van der Waals surface area contributed by atoms with Crippen molar-refractivity contribution in [3.05, 3.63) is 30.1 Å². The van der Waals surface area contributed by atoms with Crippen molar-refractivity contribution in [3.8, 4) is 17.0 Å². The highest BCUT2D eigenvalue weighted by molar-refractivity contribution is 5.62. The van der Waals surface area contributed by atoms with Gasteiger partial charge in [-0.15, -0.1) is 0 Å². The number of H-pyrrole nitrogens is 1. The monoisotopic (exact) mass is 235 g/mol. The summed E-state index contributed by atoms with van der Waals surface area (Å²) >= 11 is 0. The molecule has 0 aliphatic rings. The number of nitrogen functional groups attached to an aromatic ring is 1. The van der Waals surface area contributed by atoms with Crippen LogP contribution in [0.15, 0.2) is 24.3 Å². The van der Waals surface area contributed by atoms with Crippen LogP contribution in [0.3, 0.4) is 0 Å². The second-order valence-electron chi connectivity index (χ2n) is 4.02. The first kappa shape index (κ1) is 11.4. The summed E-state index contributed by atoms with van der Waals surface area (Å²) in [5, 5.41) is 6.52. The maximum absolute atomic E-state index is 13.7. The fraction of sp³-hybridized carbons (Fsp3) is 0.250. The largest absolute Gasteiger partial charge is 0.488 e. The number of nitrogens with one attached hydrogen (secondary N) is 1. The number of rotatable bonds is 3. The molecule has 2 rings (SSSR count). The van der Waals surface area contributed by atoms with E-state index in [4.69, 9.17) is 10.5 Å². The van der Waals surface area contributed by atoms with Crippen molar-refractivity contribution >= 4 is 5.82 Å². The van der Waals surface area contributed by atoms with Crippen LogP contribution in [-0.4, -0.2) is 16.3 Å². The SMILES string of the molecule is CC(C)Oc1ccc(-c2cc(N)n[nH]2)cc1F. The molecule has 3 N–H and O–H groups in total. The van der Waals surface area contributed by atoms with Gasteiger partial charge in [0.05, 0.1) is 11.8 Å². The van der Waals surface area contributed by atoms with E-state index >= 15 is 0 Å². The first-order valence-corrected chi connectivity index (χ1v) is 5.33. The second-order valence-corrected chi connectivity index (χ2v) is 4.02. The third-order valence-corrected chi connectivity index (χ3v) is 2.20. The zero-order chi connectivity index (χ0) is 12.4. The average Bonchev–Trinajstić information content (AvgIpc) is 2.67. The number of anilines is 1. The summed E-state index contributed by atoms with van der Waals surface area (Å²) in [7, 11) is 0. The standard InChI is InChI=1S/C12H14FN3O/c1-7(2)17-11-4-3-8(5-9(11)13)10-6-12(14)16-15-10/h3-7H,1-2H3,(H3,14,15,16). The van der Waals surface area contributed by atoms with Crippen molar-refractivity contribution < 1.29 is 9.13 Å². The van der Waals surface area contributed by atoms with Crippen molar-refractivity contribution in [2.75, 3.05) is 5.73 Å². The number of nitrogens with two attached hydrogens (primary N) is 1. The molecule has 0 amide bonds. The van der Waals surface area contributed by atoms with Gasteiger partial charge in [-0.1, -0.05) is 0 Å². The second kappa shape index (κ2) is 4.45. The molecule has 1 aromatic heterocycles. The first-order chi connectivity index (χ1) is 8.06. The lowest BCUT2D eigenvalue weighted by Gasteiger charge is -2.10. The molecule has 2 aromatic rings. The zero-order valence-corrected chi connectivity index (χ0v) is 9.70. The molecule has 17 heavy (non-hydrogen) atoms. The summed E-state index contributed by atoms with van der Waals surface area (Å²) in [5.41, 5.74) is 6.85. The van der Waals surface area contributed by atoms with Gasteiger partial charge in [0.1, 0.15) is 5.82 Å². The van der Waals surface area contributed by atoms with Crippen LogP contribution >= 0.6 is 0 Å². The lowest BCUT2D eigenvalue weighted by atomic mass is 10.1. The maximum atomic E-state index is 13.7. The Morgan fingerprint density at radius 2 is 2.12 bits per heavy atom. The molecule has 0 saturated heterocycles. The molecule has 1 aromatic carbocycles. The Hall–Kier alpha value is -2.04. The molecule has 0 bridgehead atoms. The quantitative estimate of drug-likeness (QED) is 0.859. The Morgan fingerprint density at radius 1 is 1.35 bits per heavy atom. The lowest BCUT2D eigenvalue weighted by Crippen LogP contribution is -2.06. The highest BCUT2D eigenvalue weighted by atomic mass is 19.1. The Kier molecular flexibility index (Phi) is 2.99. The molecule has 0 spiro atoms. The number of hydrogen-bond donors (Lipinski definition) is 2. The average molecular weight is 235 g/mol. The van der Waals surface area contributed by atoms with Crippen molar-refractivity contribution in [3.63, 3.8) is 0 Å². The number of benzene rings is 1. The molecule has 0 unspecified atom stereocenters. The summed E-state index contributed by atoms with van der Waals surface area (Å²) in [6.45, 7) is 3.70. The molecule has 0 atom stereocenters. The molecule has 90 valence electrons. The van der Waals surface area contributed by atoms with Crippen LogP contribution in [0.4, 0.5) is 10.2 Å². The molecule has 0 saturated carbocycles. The minimum absolute atomic E-state index is 0.0573. The molecule has 4 nitrogen and oxygen atoms in total. The number of ether oxygens (including phenoxy) is 1. The van der Waals surface area contributed by atoms with E-state index in [1.807, 2.05) is 13.8 Å². The molecular formula is C12H14FN3O. The van der Waals surface area contributed by atoms with E-state index in [2.05, 4.69) is 10.2 Å². The Labute approximate surface area is 98.6 Å². The van der Waals surface area contributed by atoms with Crippen LogP contribution in [0.25, 0.3) is 11.3 Å². The lowest BCUT2D eigenvalue weighted by molar-refractivity contribution is 0.231. The Balaban J connectivity index is 2.30. The fourth-order valence-electron chi connectivity index (χ4n) is 1.50. The van der Waals surface area contributed by atoms with Crippen molar-refractivity contribution in [1.29, 1.82) is 0 Å². The van der Waals surface area contributed by atoms with Crippen LogP contribution in [0.5, 0.6) is 5.75 Å². The van der Waals surface area contributed by atoms with Gasteiger partial charge in [0.15, 0.2) is 11.6 Å². The minimum atomic E-state index is -0.399. The van der Waals surface area contributed by atoms with Crippen molar-refractivity contribution in [1.82, 2.24) is 10.2 Å². The third-order valence-electron chi connectivity index (χ3n) is 2.20. The zero-order valence-electron chi connectivity index (χ0n) is 9.70. The van der Waals surface area contributed by atoms with E-state index in [9.17, 15) is 4.39 Å². The number of aromatic amines is 1. The van der Waals surface area contributed by atoms with E-state index in [1.54, 1.807) is 18.2 Å². The molecule has 0 fully saturated rings. The smallest absolute Gasteiger partial charge is 0.165 e.